The summed E-state index contributed by atoms with van der Waals surface area (Å²) in [4.78, 5) is 12.8. The molecule has 0 heterocycles. The van der Waals surface area contributed by atoms with E-state index in [1.807, 2.05) is 6.92 Å². The molecule has 3 rings (SSSR count). The van der Waals surface area contributed by atoms with Crippen LogP contribution < -0.4 is 19.6 Å². The number of carbonyl (C=O) groups is 1. The minimum atomic E-state index is -4.06. The van der Waals surface area contributed by atoms with Crippen molar-refractivity contribution in [2.45, 2.75) is 18.4 Å². The second-order valence-corrected chi connectivity index (χ2v) is 10.9. The Morgan fingerprint density at radius 1 is 0.974 bits per heavy atom. The maximum atomic E-state index is 13.5. The number of aryl methyl sites for hydroxylation is 1. The molecule has 1 N–H and O–H groups in total. The largest absolute Gasteiger partial charge is 0.493 e. The van der Waals surface area contributed by atoms with Crippen LogP contribution in [0.4, 0.5) is 0 Å². The lowest BCUT2D eigenvalue weighted by atomic mass is 10.2. The number of methoxy groups -OCH3 is 3. The monoisotopic (exact) mass is 579 g/mol. The molecule has 1 amide bonds. The average molecular weight is 580 g/mol. The highest BCUT2D eigenvalue weighted by Gasteiger charge is 2.27. The van der Waals surface area contributed by atoms with Crippen LogP contribution in [0.2, 0.25) is 10.0 Å². The summed E-state index contributed by atoms with van der Waals surface area (Å²) in [5.74, 6) is 0.577. The lowest BCUT2D eigenvalue weighted by Gasteiger charge is -2.22. The van der Waals surface area contributed by atoms with E-state index in [1.165, 1.54) is 45.7 Å². The van der Waals surface area contributed by atoms with Crippen molar-refractivity contribution in [2.75, 3.05) is 27.9 Å². The maximum Gasteiger partial charge on any atom is 0.255 e. The number of hydrogen-bond acceptors (Lipinski definition) is 7. The lowest BCUT2D eigenvalue weighted by molar-refractivity contribution is -0.121. The molecule has 0 aliphatic rings. The van der Waals surface area contributed by atoms with Crippen molar-refractivity contribution < 1.29 is 27.4 Å². The summed E-state index contributed by atoms with van der Waals surface area (Å²) in [7, 11) is 0.394. The van der Waals surface area contributed by atoms with E-state index in [-0.39, 0.29) is 16.5 Å². The number of nitrogens with zero attached hydrogens (tertiary/aromatic N) is 2. The van der Waals surface area contributed by atoms with E-state index in [2.05, 4.69) is 10.5 Å². The molecule has 0 spiro atoms. The number of ether oxygens (including phenoxy) is 3. The highest BCUT2D eigenvalue weighted by Crippen LogP contribution is 2.37. The number of amides is 1. The minimum Gasteiger partial charge on any atom is -0.493 e. The Labute approximate surface area is 232 Å². The van der Waals surface area contributed by atoms with Crippen LogP contribution in [0.3, 0.4) is 0 Å². The lowest BCUT2D eigenvalue weighted by Crippen LogP contribution is -2.39. The van der Waals surface area contributed by atoms with Crippen molar-refractivity contribution in [1.82, 2.24) is 9.73 Å². The van der Waals surface area contributed by atoms with Gasteiger partial charge in [-0.05, 0) is 48.9 Å². The van der Waals surface area contributed by atoms with Crippen molar-refractivity contribution in [3.05, 3.63) is 81.3 Å². The van der Waals surface area contributed by atoms with Gasteiger partial charge in [0.1, 0.15) is 0 Å². The number of hydrazone groups is 1. The van der Waals surface area contributed by atoms with Crippen LogP contribution in [0.25, 0.3) is 0 Å². The Morgan fingerprint density at radius 2 is 1.61 bits per heavy atom. The Hall–Kier alpha value is -3.31. The Bertz CT molecular complexity index is 1400. The molecule has 12 heteroatoms. The third-order valence-corrected chi connectivity index (χ3v) is 7.82. The summed E-state index contributed by atoms with van der Waals surface area (Å²) in [6.07, 6.45) is 1.37. The van der Waals surface area contributed by atoms with Gasteiger partial charge in [-0.25, -0.2) is 13.8 Å². The zero-order valence-corrected chi connectivity index (χ0v) is 23.5. The zero-order valence-electron chi connectivity index (χ0n) is 21.2. The molecule has 0 aliphatic heterocycles. The Kier molecular flexibility index (Phi) is 9.98. The number of benzene rings is 3. The molecule has 0 radical (unpaired) electrons. The summed E-state index contributed by atoms with van der Waals surface area (Å²) < 4.78 is 43.9. The molecule has 0 saturated carbocycles. The van der Waals surface area contributed by atoms with Gasteiger partial charge in [0, 0.05) is 22.2 Å². The van der Waals surface area contributed by atoms with Crippen LogP contribution in [0.5, 0.6) is 17.2 Å². The summed E-state index contributed by atoms with van der Waals surface area (Å²) in [5.41, 5.74) is 4.30. The number of sulfonamides is 1. The van der Waals surface area contributed by atoms with E-state index in [0.29, 0.717) is 33.4 Å². The minimum absolute atomic E-state index is 0.0434. The smallest absolute Gasteiger partial charge is 0.255 e. The van der Waals surface area contributed by atoms with Crippen molar-refractivity contribution in [1.29, 1.82) is 0 Å². The third-order valence-electron chi connectivity index (χ3n) is 5.43. The first-order chi connectivity index (χ1) is 18.1. The van der Waals surface area contributed by atoms with Crippen molar-refractivity contribution in [3.8, 4) is 17.2 Å². The second kappa shape index (κ2) is 13.0. The third kappa shape index (κ3) is 7.16. The fourth-order valence-corrected chi connectivity index (χ4v) is 5.32. The van der Waals surface area contributed by atoms with Crippen LogP contribution >= 0.6 is 23.2 Å². The van der Waals surface area contributed by atoms with E-state index >= 15 is 0 Å². The van der Waals surface area contributed by atoms with E-state index in [0.717, 1.165) is 9.87 Å². The van der Waals surface area contributed by atoms with Crippen LogP contribution in [-0.4, -0.2) is 52.7 Å². The maximum absolute atomic E-state index is 13.5. The topological polar surface area (TPSA) is 107 Å². The molecule has 3 aromatic carbocycles. The first-order valence-electron chi connectivity index (χ1n) is 11.2. The fourth-order valence-electron chi connectivity index (χ4n) is 3.48. The molecule has 202 valence electrons. The van der Waals surface area contributed by atoms with Gasteiger partial charge in [0.2, 0.25) is 15.8 Å². The normalized spacial score (nSPS) is 11.6. The highest BCUT2D eigenvalue weighted by atomic mass is 35.5. The quantitative estimate of drug-likeness (QED) is 0.261. The molecule has 0 bridgehead atoms. The summed E-state index contributed by atoms with van der Waals surface area (Å²) in [6, 6.07) is 14.4. The number of rotatable bonds is 11. The van der Waals surface area contributed by atoms with Crippen LogP contribution in [0.1, 0.15) is 16.7 Å². The van der Waals surface area contributed by atoms with Crippen LogP contribution in [-0.2, 0) is 21.4 Å². The SMILES string of the molecule is COc1cc(/C=N\NC(=O)CN(Cc2ccc(Cl)cc2Cl)S(=O)(=O)c2ccc(C)cc2)cc(OC)c1OC. The average Bonchev–Trinajstić information content (AvgIpc) is 2.89. The van der Waals surface area contributed by atoms with Crippen LogP contribution in [0, 0.1) is 6.92 Å². The van der Waals surface area contributed by atoms with Crippen molar-refractivity contribution in [3.63, 3.8) is 0 Å². The van der Waals surface area contributed by atoms with E-state index in [1.54, 1.807) is 36.4 Å². The molecule has 0 aromatic heterocycles. The fraction of sp³-hybridized carbons (Fsp3) is 0.231. The van der Waals surface area contributed by atoms with E-state index < -0.39 is 22.5 Å². The first-order valence-corrected chi connectivity index (χ1v) is 13.4. The van der Waals surface area contributed by atoms with Gasteiger partial charge in [-0.3, -0.25) is 4.79 Å². The van der Waals surface area contributed by atoms with Gasteiger partial charge >= 0.3 is 0 Å². The number of nitrogens with one attached hydrogen (secondary N) is 1. The number of carbonyl (C=O) groups excluding carboxylic acids is 1. The Morgan fingerprint density at radius 3 is 2.16 bits per heavy atom. The van der Waals surface area contributed by atoms with Gasteiger partial charge in [0.05, 0.1) is 39.0 Å². The van der Waals surface area contributed by atoms with Gasteiger partial charge in [-0.15, -0.1) is 0 Å². The number of hydrogen-bond donors (Lipinski definition) is 1. The molecule has 0 saturated heterocycles. The molecule has 0 unspecified atom stereocenters. The molecule has 0 fully saturated rings. The molecule has 9 nitrogen and oxygen atoms in total. The second-order valence-electron chi connectivity index (χ2n) is 8.07. The van der Waals surface area contributed by atoms with Gasteiger partial charge < -0.3 is 14.2 Å². The van der Waals surface area contributed by atoms with Crippen molar-refractivity contribution in [2.24, 2.45) is 5.10 Å². The Balaban J connectivity index is 1.83. The summed E-state index contributed by atoms with van der Waals surface area (Å²) in [5, 5.41) is 4.65. The predicted molar refractivity (Wildman–Crippen MR) is 147 cm³/mol. The first kappa shape index (κ1) is 29.2. The van der Waals surface area contributed by atoms with Gasteiger partial charge in [-0.2, -0.15) is 9.41 Å². The summed E-state index contributed by atoms with van der Waals surface area (Å²) in [6.45, 7) is 1.18. The van der Waals surface area contributed by atoms with Crippen LogP contribution in [0.15, 0.2) is 64.6 Å². The van der Waals surface area contributed by atoms with E-state index in [4.69, 9.17) is 37.4 Å². The van der Waals surface area contributed by atoms with Crippen molar-refractivity contribution >= 4 is 45.3 Å². The molecular weight excluding hydrogens is 553 g/mol. The standard InChI is InChI=1S/C26H27Cl2N3O6S/c1-17-5-9-21(10-6-17)38(33,34)31(15-19-7-8-20(27)13-22(19)28)16-25(32)30-29-14-18-11-23(35-2)26(37-4)24(12-18)36-3/h5-14H,15-16H2,1-4H3,(H,30,32)/b29-14-. The van der Waals surface area contributed by atoms with Gasteiger partial charge in [0.25, 0.3) is 5.91 Å². The molecule has 38 heavy (non-hydrogen) atoms. The predicted octanol–water partition coefficient (Wildman–Crippen LogP) is 4.67. The zero-order chi connectivity index (χ0) is 27.9. The molecule has 3 aromatic rings. The highest BCUT2D eigenvalue weighted by molar-refractivity contribution is 7.89. The van der Waals surface area contributed by atoms with Gasteiger partial charge in [0.15, 0.2) is 11.5 Å². The molecular formula is C26H27Cl2N3O6S. The molecule has 0 aliphatic carbocycles. The van der Waals surface area contributed by atoms with Gasteiger partial charge in [-0.1, -0.05) is 47.0 Å². The van der Waals surface area contributed by atoms with E-state index in [9.17, 15) is 13.2 Å². The number of halogens is 2. The summed E-state index contributed by atoms with van der Waals surface area (Å²) >= 11 is 12.3. The molecule has 0 atom stereocenters.